The third-order valence-electron chi connectivity index (χ3n) is 2.17. The summed E-state index contributed by atoms with van der Waals surface area (Å²) in [6, 6.07) is 5.17. The van der Waals surface area contributed by atoms with Crippen LogP contribution >= 0.6 is 23.4 Å². The van der Waals surface area contributed by atoms with E-state index in [1.54, 1.807) is 24.4 Å². The first-order chi connectivity index (χ1) is 7.88. The monoisotopic (exact) mass is 269 g/mol. The van der Waals surface area contributed by atoms with E-state index in [1.807, 2.05) is 20.8 Å². The van der Waals surface area contributed by atoms with Crippen molar-refractivity contribution in [3.63, 3.8) is 0 Å². The van der Waals surface area contributed by atoms with Crippen molar-refractivity contribution in [3.8, 4) is 0 Å². The minimum Gasteiger partial charge on any atom is -0.256 e. The van der Waals surface area contributed by atoms with E-state index in [4.69, 9.17) is 11.6 Å². The van der Waals surface area contributed by atoms with Crippen molar-refractivity contribution in [1.29, 1.82) is 0 Å². The van der Waals surface area contributed by atoms with Gasteiger partial charge >= 0.3 is 0 Å². The molecule has 1 aromatic heterocycles. The van der Waals surface area contributed by atoms with Gasteiger partial charge in [0.1, 0.15) is 5.82 Å². The molecular formula is C13H13ClFNS. The van der Waals surface area contributed by atoms with Gasteiger partial charge in [0.05, 0.1) is 15.9 Å². The predicted octanol–water partition coefficient (Wildman–Crippen LogP) is 4.92. The number of hydrogen-bond donors (Lipinski definition) is 0. The van der Waals surface area contributed by atoms with E-state index in [2.05, 4.69) is 4.98 Å². The number of halogens is 2. The van der Waals surface area contributed by atoms with Crippen molar-refractivity contribution >= 4 is 34.3 Å². The van der Waals surface area contributed by atoms with Crippen molar-refractivity contribution in [3.05, 3.63) is 35.2 Å². The molecule has 1 aromatic carbocycles. The number of pyridine rings is 1. The second kappa shape index (κ2) is 4.46. The Hall–Kier alpha value is -0.800. The molecule has 0 aliphatic carbocycles. The average Bonchev–Trinajstić information content (AvgIpc) is 2.20. The van der Waals surface area contributed by atoms with Crippen LogP contribution in [0.3, 0.4) is 0 Å². The molecule has 0 saturated carbocycles. The van der Waals surface area contributed by atoms with E-state index >= 15 is 0 Å². The lowest BCUT2D eigenvalue weighted by molar-refractivity contribution is 0.612. The lowest BCUT2D eigenvalue weighted by atomic mass is 10.2. The number of nitrogens with zero attached hydrogens (tertiary/aromatic N) is 1. The summed E-state index contributed by atoms with van der Waals surface area (Å²) >= 11 is 7.51. The smallest absolute Gasteiger partial charge is 0.147 e. The quantitative estimate of drug-likeness (QED) is 0.682. The molecule has 90 valence electrons. The lowest BCUT2D eigenvalue weighted by Gasteiger charge is -2.18. The molecule has 1 nitrogen and oxygen atoms in total. The summed E-state index contributed by atoms with van der Waals surface area (Å²) in [6.07, 6.45) is 1.58. The zero-order chi connectivity index (χ0) is 12.6. The minimum absolute atomic E-state index is 0.0385. The van der Waals surface area contributed by atoms with Crippen molar-refractivity contribution < 1.29 is 4.39 Å². The van der Waals surface area contributed by atoms with Crippen LogP contribution in [-0.4, -0.2) is 9.73 Å². The van der Waals surface area contributed by atoms with Gasteiger partial charge in [0.15, 0.2) is 0 Å². The summed E-state index contributed by atoms with van der Waals surface area (Å²) in [5.41, 5.74) is 0.591. The Morgan fingerprint density at radius 3 is 2.59 bits per heavy atom. The molecule has 0 bridgehead atoms. The van der Waals surface area contributed by atoms with Gasteiger partial charge in [-0.25, -0.2) is 4.39 Å². The summed E-state index contributed by atoms with van der Waals surface area (Å²) in [6.45, 7) is 6.14. The molecule has 0 amide bonds. The van der Waals surface area contributed by atoms with E-state index < -0.39 is 0 Å². The minimum atomic E-state index is -0.277. The van der Waals surface area contributed by atoms with E-state index in [-0.39, 0.29) is 10.6 Å². The molecule has 0 aliphatic heterocycles. The maximum Gasteiger partial charge on any atom is 0.147 e. The zero-order valence-electron chi connectivity index (χ0n) is 9.92. The number of hydrogen-bond acceptors (Lipinski definition) is 2. The number of fused-ring (bicyclic) bond motifs is 1. The Morgan fingerprint density at radius 1 is 1.24 bits per heavy atom. The highest BCUT2D eigenvalue weighted by atomic mass is 35.5. The zero-order valence-corrected chi connectivity index (χ0v) is 11.5. The molecule has 0 aliphatic rings. The molecule has 2 rings (SSSR count). The third-order valence-corrected chi connectivity index (χ3v) is 3.64. The second-order valence-corrected chi connectivity index (χ2v) is 7.05. The summed E-state index contributed by atoms with van der Waals surface area (Å²) in [4.78, 5) is 4.72. The highest BCUT2D eigenvalue weighted by Gasteiger charge is 2.17. The summed E-state index contributed by atoms with van der Waals surface area (Å²) in [5, 5.41) is 0.812. The molecule has 0 unspecified atom stereocenters. The maximum atomic E-state index is 14.3. The first kappa shape index (κ1) is 12.7. The number of aromatic nitrogens is 1. The van der Waals surface area contributed by atoms with Crippen LogP contribution in [0.1, 0.15) is 20.8 Å². The molecule has 4 heteroatoms. The van der Waals surface area contributed by atoms with Gasteiger partial charge in [0.25, 0.3) is 0 Å². The molecular weight excluding hydrogens is 257 g/mol. The maximum absolute atomic E-state index is 14.3. The highest BCUT2D eigenvalue weighted by Crippen LogP contribution is 2.37. The lowest BCUT2D eigenvalue weighted by Crippen LogP contribution is -2.07. The van der Waals surface area contributed by atoms with Crippen LogP contribution < -0.4 is 0 Å². The van der Waals surface area contributed by atoms with Crippen molar-refractivity contribution in [2.24, 2.45) is 0 Å². The summed E-state index contributed by atoms with van der Waals surface area (Å²) < 4.78 is 14.3. The van der Waals surface area contributed by atoms with Gasteiger partial charge in [-0.15, -0.1) is 11.8 Å². The van der Waals surface area contributed by atoms with Crippen molar-refractivity contribution in [2.75, 3.05) is 0 Å². The SMILES string of the molecule is CC(C)(C)Sc1ccc2nccc(Cl)c2c1F. The van der Waals surface area contributed by atoms with Crippen LogP contribution in [-0.2, 0) is 0 Å². The van der Waals surface area contributed by atoms with E-state index in [0.717, 1.165) is 0 Å². The Labute approximate surface area is 109 Å². The van der Waals surface area contributed by atoms with E-state index in [9.17, 15) is 4.39 Å². The van der Waals surface area contributed by atoms with E-state index in [0.29, 0.717) is 20.8 Å². The summed E-state index contributed by atoms with van der Waals surface area (Å²) in [7, 11) is 0. The fraction of sp³-hybridized carbons (Fsp3) is 0.308. The second-order valence-electron chi connectivity index (χ2n) is 4.78. The highest BCUT2D eigenvalue weighted by molar-refractivity contribution is 8.00. The fourth-order valence-electron chi connectivity index (χ4n) is 1.56. The van der Waals surface area contributed by atoms with Crippen LogP contribution in [0.25, 0.3) is 10.9 Å². The van der Waals surface area contributed by atoms with Gasteiger partial charge in [-0.05, 0) is 18.2 Å². The predicted molar refractivity (Wildman–Crippen MR) is 72.3 cm³/mol. The Balaban J connectivity index is 2.61. The van der Waals surface area contributed by atoms with Gasteiger partial charge in [0.2, 0.25) is 0 Å². The molecule has 0 N–H and O–H groups in total. The van der Waals surface area contributed by atoms with Crippen LogP contribution in [0, 0.1) is 5.82 Å². The Bertz CT molecular complexity index is 563. The number of thioether (sulfide) groups is 1. The average molecular weight is 270 g/mol. The van der Waals surface area contributed by atoms with Crippen LogP contribution in [0.4, 0.5) is 4.39 Å². The number of rotatable bonds is 1. The fourth-order valence-corrected chi connectivity index (χ4v) is 2.78. The van der Waals surface area contributed by atoms with Gasteiger partial charge in [-0.2, -0.15) is 0 Å². The van der Waals surface area contributed by atoms with Crippen LogP contribution in [0.15, 0.2) is 29.3 Å². The third kappa shape index (κ3) is 2.72. The topological polar surface area (TPSA) is 12.9 Å². The van der Waals surface area contributed by atoms with Gasteiger partial charge in [0, 0.05) is 15.8 Å². The van der Waals surface area contributed by atoms with E-state index in [1.165, 1.54) is 11.8 Å². The van der Waals surface area contributed by atoms with Crippen molar-refractivity contribution in [1.82, 2.24) is 4.98 Å². The molecule has 0 radical (unpaired) electrons. The first-order valence-electron chi connectivity index (χ1n) is 5.30. The molecule has 2 aromatic rings. The molecule has 0 fully saturated rings. The largest absolute Gasteiger partial charge is 0.256 e. The summed E-state index contributed by atoms with van der Waals surface area (Å²) in [5.74, 6) is -0.277. The van der Waals surface area contributed by atoms with Gasteiger partial charge < -0.3 is 0 Å². The molecule has 17 heavy (non-hydrogen) atoms. The van der Waals surface area contributed by atoms with Crippen molar-refractivity contribution in [2.45, 2.75) is 30.4 Å². The first-order valence-corrected chi connectivity index (χ1v) is 6.50. The molecule has 0 spiro atoms. The van der Waals surface area contributed by atoms with Gasteiger partial charge in [-0.1, -0.05) is 32.4 Å². The Kier molecular flexibility index (Phi) is 3.32. The molecule has 0 atom stereocenters. The molecule has 0 saturated heterocycles. The normalized spacial score (nSPS) is 12.1. The number of benzene rings is 1. The van der Waals surface area contributed by atoms with Crippen LogP contribution in [0.5, 0.6) is 0 Å². The van der Waals surface area contributed by atoms with Crippen LogP contribution in [0.2, 0.25) is 5.02 Å². The molecule has 1 heterocycles. The standard InChI is InChI=1S/C13H13ClFNS/c1-13(2,3)17-10-5-4-9-11(12(10)15)8(14)6-7-16-9/h4-7H,1-3H3. The Morgan fingerprint density at radius 2 is 1.94 bits per heavy atom. The van der Waals surface area contributed by atoms with Gasteiger partial charge in [-0.3, -0.25) is 4.98 Å².